The van der Waals surface area contributed by atoms with E-state index < -0.39 is 11.9 Å². The van der Waals surface area contributed by atoms with Gasteiger partial charge in [0.25, 0.3) is 0 Å². The Labute approximate surface area is 94.3 Å². The lowest BCUT2D eigenvalue weighted by molar-refractivity contribution is -0.148. The Morgan fingerprint density at radius 1 is 0.875 bits per heavy atom. The summed E-state index contributed by atoms with van der Waals surface area (Å²) >= 11 is 0. The first-order valence-corrected chi connectivity index (χ1v) is 4.92. The van der Waals surface area contributed by atoms with Crippen LogP contribution >= 0.6 is 0 Å². The molecule has 0 aromatic heterocycles. The molecular weight excluding hydrogens is 212 g/mol. The first-order valence-electron chi connectivity index (χ1n) is 4.92. The molecule has 0 aromatic carbocycles. The highest BCUT2D eigenvalue weighted by Crippen LogP contribution is 1.96. The highest BCUT2D eigenvalue weighted by Gasteiger charge is 2.07. The van der Waals surface area contributed by atoms with Crippen LogP contribution in [0, 0.1) is 11.8 Å². The van der Waals surface area contributed by atoms with Gasteiger partial charge in [0, 0.05) is 0 Å². The summed E-state index contributed by atoms with van der Waals surface area (Å²) in [7, 11) is 0. The molecule has 90 valence electrons. The van der Waals surface area contributed by atoms with Crippen LogP contribution in [0.1, 0.15) is 27.7 Å². The summed E-state index contributed by atoms with van der Waals surface area (Å²) in [5.74, 6) is -1.37. The molecule has 6 nitrogen and oxygen atoms in total. The van der Waals surface area contributed by atoms with Crippen LogP contribution in [0.15, 0.2) is 10.3 Å². The SMILES string of the molecule is CC(C)C(=O)O/N=C\C=N/OC(=O)C(C)C. The molecule has 0 N–H and O–H groups in total. The lowest BCUT2D eigenvalue weighted by Crippen LogP contribution is -2.08. The minimum Gasteiger partial charge on any atom is -0.318 e. The minimum atomic E-state index is -0.441. The van der Waals surface area contributed by atoms with Crippen molar-refractivity contribution in [1.82, 2.24) is 0 Å². The Balaban J connectivity index is 3.80. The maximum absolute atomic E-state index is 10.9. The second kappa shape index (κ2) is 7.56. The first-order chi connectivity index (χ1) is 7.45. The predicted molar refractivity (Wildman–Crippen MR) is 58.8 cm³/mol. The number of oxime groups is 2. The summed E-state index contributed by atoms with van der Waals surface area (Å²) in [4.78, 5) is 30.7. The second-order valence-corrected chi connectivity index (χ2v) is 3.64. The average molecular weight is 228 g/mol. The summed E-state index contributed by atoms with van der Waals surface area (Å²) < 4.78 is 0. The Morgan fingerprint density at radius 2 is 1.19 bits per heavy atom. The van der Waals surface area contributed by atoms with Crippen LogP contribution in [-0.2, 0) is 19.3 Å². The van der Waals surface area contributed by atoms with Crippen molar-refractivity contribution in [2.45, 2.75) is 27.7 Å². The molecule has 0 fully saturated rings. The molecule has 0 spiro atoms. The smallest absolute Gasteiger partial charge is 0.318 e. The van der Waals surface area contributed by atoms with Crippen molar-refractivity contribution in [2.24, 2.45) is 22.1 Å². The van der Waals surface area contributed by atoms with Crippen molar-refractivity contribution in [1.29, 1.82) is 0 Å². The zero-order chi connectivity index (χ0) is 12.6. The third-order valence-electron chi connectivity index (χ3n) is 1.42. The molecule has 0 saturated heterocycles. The van der Waals surface area contributed by atoms with Crippen LogP contribution < -0.4 is 0 Å². The van der Waals surface area contributed by atoms with Crippen LogP contribution in [0.25, 0.3) is 0 Å². The van der Waals surface area contributed by atoms with Gasteiger partial charge < -0.3 is 9.68 Å². The van der Waals surface area contributed by atoms with E-state index in [9.17, 15) is 9.59 Å². The molecule has 0 unspecified atom stereocenters. The van der Waals surface area contributed by atoms with Crippen molar-refractivity contribution in [2.75, 3.05) is 0 Å². The van der Waals surface area contributed by atoms with E-state index in [0.717, 1.165) is 12.4 Å². The topological polar surface area (TPSA) is 77.3 Å². The van der Waals surface area contributed by atoms with Gasteiger partial charge in [-0.15, -0.1) is 0 Å². The van der Waals surface area contributed by atoms with E-state index in [-0.39, 0.29) is 11.8 Å². The minimum absolute atomic E-state index is 0.243. The standard InChI is InChI=1S/C10H16N2O4/c1-7(2)9(13)15-11-5-6-12-16-10(14)8(3)4/h5-8H,1-4H3/b11-5-,12-6-. The van der Waals surface area contributed by atoms with E-state index in [2.05, 4.69) is 20.0 Å². The molecule has 6 heteroatoms. The molecule has 0 saturated carbocycles. The van der Waals surface area contributed by atoms with Crippen molar-refractivity contribution < 1.29 is 19.3 Å². The van der Waals surface area contributed by atoms with Gasteiger partial charge >= 0.3 is 11.9 Å². The highest BCUT2D eigenvalue weighted by molar-refractivity contribution is 6.15. The normalized spacial score (nSPS) is 11.6. The number of hydrogen-bond donors (Lipinski definition) is 0. The molecule has 16 heavy (non-hydrogen) atoms. The number of carbonyl (C=O) groups is 2. The Bertz CT molecular complexity index is 265. The fourth-order valence-corrected chi connectivity index (χ4v) is 0.430. The van der Waals surface area contributed by atoms with E-state index in [1.54, 1.807) is 27.7 Å². The van der Waals surface area contributed by atoms with E-state index in [1.807, 2.05) is 0 Å². The first kappa shape index (κ1) is 14.3. The lowest BCUT2D eigenvalue weighted by atomic mass is 10.2. The van der Waals surface area contributed by atoms with Crippen LogP contribution in [0.2, 0.25) is 0 Å². The van der Waals surface area contributed by atoms with Gasteiger partial charge in [-0.2, -0.15) is 0 Å². The molecule has 0 aliphatic heterocycles. The van der Waals surface area contributed by atoms with Crippen molar-refractivity contribution in [3.05, 3.63) is 0 Å². The van der Waals surface area contributed by atoms with Gasteiger partial charge in [0.05, 0.1) is 24.3 Å². The second-order valence-electron chi connectivity index (χ2n) is 3.64. The summed E-state index contributed by atoms with van der Waals surface area (Å²) in [6, 6.07) is 0. The zero-order valence-electron chi connectivity index (χ0n) is 9.84. The van der Waals surface area contributed by atoms with Gasteiger partial charge in [0.15, 0.2) is 0 Å². The summed E-state index contributed by atoms with van der Waals surface area (Å²) in [5, 5.41) is 6.64. The van der Waals surface area contributed by atoms with Gasteiger partial charge in [0.2, 0.25) is 0 Å². The van der Waals surface area contributed by atoms with Gasteiger partial charge in [-0.3, -0.25) is 0 Å². The number of nitrogens with zero attached hydrogens (tertiary/aromatic N) is 2. The molecular formula is C10H16N2O4. The molecule has 0 aromatic rings. The molecule has 0 rings (SSSR count). The molecule has 0 heterocycles. The third kappa shape index (κ3) is 6.69. The summed E-state index contributed by atoms with van der Waals surface area (Å²) in [5.41, 5.74) is 0. The Hall–Kier alpha value is -1.72. The average Bonchev–Trinajstić information content (AvgIpc) is 2.21. The van der Waals surface area contributed by atoms with Crippen LogP contribution in [0.5, 0.6) is 0 Å². The van der Waals surface area contributed by atoms with E-state index in [1.165, 1.54) is 0 Å². The lowest BCUT2D eigenvalue weighted by Gasteiger charge is -1.98. The predicted octanol–water partition coefficient (Wildman–Crippen LogP) is 1.36. The summed E-state index contributed by atoms with van der Waals surface area (Å²) in [6.45, 7) is 6.76. The molecule has 0 atom stereocenters. The largest absolute Gasteiger partial charge is 0.337 e. The molecule has 0 aliphatic carbocycles. The van der Waals surface area contributed by atoms with Gasteiger partial charge in [-0.1, -0.05) is 38.0 Å². The summed E-state index contributed by atoms with van der Waals surface area (Å²) in [6.07, 6.45) is 2.24. The fourth-order valence-electron chi connectivity index (χ4n) is 0.430. The van der Waals surface area contributed by atoms with Gasteiger partial charge in [-0.25, -0.2) is 9.59 Å². The van der Waals surface area contributed by atoms with Gasteiger partial charge in [0.1, 0.15) is 0 Å². The van der Waals surface area contributed by atoms with Crippen molar-refractivity contribution in [3.8, 4) is 0 Å². The van der Waals surface area contributed by atoms with Crippen molar-refractivity contribution in [3.63, 3.8) is 0 Å². The highest BCUT2D eigenvalue weighted by atomic mass is 16.7. The van der Waals surface area contributed by atoms with E-state index in [4.69, 9.17) is 0 Å². The maximum Gasteiger partial charge on any atom is 0.337 e. The molecule has 0 bridgehead atoms. The maximum atomic E-state index is 10.9. The third-order valence-corrected chi connectivity index (χ3v) is 1.42. The monoisotopic (exact) mass is 228 g/mol. The van der Waals surface area contributed by atoms with E-state index >= 15 is 0 Å². The molecule has 0 amide bonds. The van der Waals surface area contributed by atoms with Crippen molar-refractivity contribution >= 4 is 24.4 Å². The Kier molecular flexibility index (Phi) is 6.74. The molecule has 0 aliphatic rings. The van der Waals surface area contributed by atoms with Crippen LogP contribution in [0.4, 0.5) is 0 Å². The quantitative estimate of drug-likeness (QED) is 0.404. The van der Waals surface area contributed by atoms with Crippen LogP contribution in [0.3, 0.4) is 0 Å². The van der Waals surface area contributed by atoms with Crippen LogP contribution in [-0.4, -0.2) is 24.4 Å². The zero-order valence-corrected chi connectivity index (χ0v) is 9.84. The van der Waals surface area contributed by atoms with E-state index in [0.29, 0.717) is 0 Å². The Morgan fingerprint density at radius 3 is 1.44 bits per heavy atom. The molecule has 0 radical (unpaired) electrons. The van der Waals surface area contributed by atoms with Gasteiger partial charge in [-0.05, 0) is 0 Å². The number of rotatable bonds is 5. The number of hydrogen-bond acceptors (Lipinski definition) is 6. The fraction of sp³-hybridized carbons (Fsp3) is 0.600. The number of carbonyl (C=O) groups excluding carboxylic acids is 2.